The quantitative estimate of drug-likeness (QED) is 0.255. The average Bonchev–Trinajstić information content (AvgIpc) is 3.16. The first-order chi connectivity index (χ1) is 14.7. The van der Waals surface area contributed by atoms with E-state index in [-0.39, 0.29) is 15.5 Å². The van der Waals surface area contributed by atoms with Crippen molar-refractivity contribution in [3.05, 3.63) is 70.8 Å². The highest BCUT2D eigenvalue weighted by Crippen LogP contribution is 2.28. The number of hydrogen-bond acceptors (Lipinski definition) is 7. The van der Waals surface area contributed by atoms with Crippen molar-refractivity contribution in [2.45, 2.75) is 23.1 Å². The lowest BCUT2D eigenvalue weighted by Crippen LogP contribution is -2.16. The van der Waals surface area contributed by atoms with E-state index in [4.69, 9.17) is 11.6 Å². The fraction of sp³-hybridized carbons (Fsp3) is 0.150. The molecule has 0 saturated carbocycles. The van der Waals surface area contributed by atoms with Gasteiger partial charge in [-0.25, -0.2) is 8.42 Å². The van der Waals surface area contributed by atoms with Crippen molar-refractivity contribution in [2.75, 3.05) is 15.8 Å². The van der Waals surface area contributed by atoms with E-state index in [2.05, 4.69) is 26.8 Å². The van der Waals surface area contributed by atoms with E-state index in [1.165, 1.54) is 41.3 Å². The van der Waals surface area contributed by atoms with E-state index in [0.29, 0.717) is 20.9 Å². The molecule has 0 fully saturated rings. The Labute approximate surface area is 194 Å². The molecule has 3 rings (SSSR count). The third kappa shape index (κ3) is 5.85. The monoisotopic (exact) mass is 494 g/mol. The second-order valence-corrected chi connectivity index (χ2v) is 10.8. The van der Waals surface area contributed by atoms with Gasteiger partial charge >= 0.3 is 0 Å². The van der Waals surface area contributed by atoms with Gasteiger partial charge in [0, 0.05) is 17.0 Å². The van der Waals surface area contributed by atoms with Crippen molar-refractivity contribution in [2.24, 2.45) is 0 Å². The highest BCUT2D eigenvalue weighted by molar-refractivity contribution is 8.01. The van der Waals surface area contributed by atoms with Gasteiger partial charge in [0.15, 0.2) is 4.34 Å². The van der Waals surface area contributed by atoms with Crippen molar-refractivity contribution in [3.63, 3.8) is 0 Å². The molecule has 0 aliphatic rings. The summed E-state index contributed by atoms with van der Waals surface area (Å²) in [6.07, 6.45) is 1.74. The van der Waals surface area contributed by atoms with Crippen LogP contribution in [0.25, 0.3) is 0 Å². The van der Waals surface area contributed by atoms with Crippen molar-refractivity contribution in [1.29, 1.82) is 0 Å². The van der Waals surface area contributed by atoms with Gasteiger partial charge in [-0.2, -0.15) is 0 Å². The lowest BCUT2D eigenvalue weighted by Gasteiger charge is -2.12. The number of hydrogen-bond donors (Lipinski definition) is 2. The number of halogens is 1. The van der Waals surface area contributed by atoms with Crippen LogP contribution in [0.4, 0.5) is 10.8 Å². The number of aromatic nitrogens is 2. The number of rotatable bonds is 8. The third-order valence-corrected chi connectivity index (χ3v) is 8.02. The molecule has 0 saturated heterocycles. The standard InChI is InChI=1S/C20H19ClN4O3S3/c1-4-9-29-20-24-23-19(30-20)22-18(26)14-6-8-16(21)17(11-14)31(27,28)25-15-7-5-12(2)13(3)10-15/h4-8,10-11,25H,1,9H2,2-3H3,(H,22,23,26). The topological polar surface area (TPSA) is 101 Å². The molecule has 1 aromatic heterocycles. The Kier molecular flexibility index (Phi) is 7.37. The fourth-order valence-corrected chi connectivity index (χ4v) is 5.57. The van der Waals surface area contributed by atoms with E-state index in [1.54, 1.807) is 18.2 Å². The summed E-state index contributed by atoms with van der Waals surface area (Å²) in [6, 6.07) is 9.27. The van der Waals surface area contributed by atoms with Crippen LogP contribution in [0.1, 0.15) is 21.5 Å². The first kappa shape index (κ1) is 23.3. The first-order valence-electron chi connectivity index (χ1n) is 8.98. The minimum absolute atomic E-state index is 0.00640. The molecule has 2 N–H and O–H groups in total. The summed E-state index contributed by atoms with van der Waals surface area (Å²) in [5.41, 5.74) is 2.53. The first-order valence-corrected chi connectivity index (χ1v) is 12.6. The Morgan fingerprint density at radius 3 is 2.68 bits per heavy atom. The Morgan fingerprint density at radius 2 is 1.97 bits per heavy atom. The van der Waals surface area contributed by atoms with Gasteiger partial charge in [0.05, 0.1) is 5.02 Å². The third-order valence-electron chi connectivity index (χ3n) is 4.19. The van der Waals surface area contributed by atoms with Crippen molar-refractivity contribution in [3.8, 4) is 0 Å². The zero-order chi connectivity index (χ0) is 22.6. The highest BCUT2D eigenvalue weighted by atomic mass is 35.5. The van der Waals surface area contributed by atoms with Gasteiger partial charge < -0.3 is 0 Å². The molecule has 1 heterocycles. The number of benzene rings is 2. The Hall–Kier alpha value is -2.40. The molecule has 3 aromatic rings. The molecule has 0 atom stereocenters. The van der Waals surface area contributed by atoms with Crippen LogP contribution in [-0.2, 0) is 10.0 Å². The number of anilines is 2. The molecular formula is C20H19ClN4O3S3. The van der Waals surface area contributed by atoms with Gasteiger partial charge in [0.1, 0.15) is 4.90 Å². The zero-order valence-electron chi connectivity index (χ0n) is 16.7. The van der Waals surface area contributed by atoms with Crippen molar-refractivity contribution >= 4 is 61.4 Å². The molecule has 162 valence electrons. The molecule has 7 nitrogen and oxygen atoms in total. The minimum atomic E-state index is -4.01. The fourth-order valence-electron chi connectivity index (χ4n) is 2.48. The van der Waals surface area contributed by atoms with E-state index in [9.17, 15) is 13.2 Å². The lowest BCUT2D eigenvalue weighted by atomic mass is 10.1. The van der Waals surface area contributed by atoms with Gasteiger partial charge in [-0.15, -0.1) is 16.8 Å². The number of thioether (sulfide) groups is 1. The summed E-state index contributed by atoms with van der Waals surface area (Å²) in [7, 11) is -4.01. The Balaban J connectivity index is 1.81. The Morgan fingerprint density at radius 1 is 1.19 bits per heavy atom. The summed E-state index contributed by atoms with van der Waals surface area (Å²) >= 11 is 8.80. The van der Waals surface area contributed by atoms with Gasteiger partial charge in [-0.3, -0.25) is 14.8 Å². The molecule has 1 amide bonds. The number of sulfonamides is 1. The van der Waals surface area contributed by atoms with Gasteiger partial charge in [0.25, 0.3) is 15.9 Å². The normalized spacial score (nSPS) is 11.2. The van der Waals surface area contributed by atoms with Gasteiger partial charge in [-0.05, 0) is 55.3 Å². The lowest BCUT2D eigenvalue weighted by molar-refractivity contribution is 0.102. The minimum Gasteiger partial charge on any atom is -0.296 e. The van der Waals surface area contributed by atoms with E-state index < -0.39 is 15.9 Å². The molecule has 0 radical (unpaired) electrons. The molecule has 0 aliphatic heterocycles. The van der Waals surface area contributed by atoms with Crippen LogP contribution in [-0.4, -0.2) is 30.3 Å². The second kappa shape index (κ2) is 9.82. The van der Waals surface area contributed by atoms with Crippen LogP contribution in [0.3, 0.4) is 0 Å². The van der Waals surface area contributed by atoms with E-state index in [0.717, 1.165) is 11.1 Å². The maximum absolute atomic E-state index is 12.9. The van der Waals surface area contributed by atoms with Gasteiger partial charge in [-0.1, -0.05) is 46.8 Å². The summed E-state index contributed by atoms with van der Waals surface area (Å²) in [4.78, 5) is 12.4. The van der Waals surface area contributed by atoms with Crippen LogP contribution < -0.4 is 10.0 Å². The number of aryl methyl sites for hydroxylation is 2. The SMILES string of the molecule is C=CCSc1nnc(NC(=O)c2ccc(Cl)c(S(=O)(=O)Nc3ccc(C)c(C)c3)c2)s1. The molecule has 11 heteroatoms. The van der Waals surface area contributed by atoms with E-state index >= 15 is 0 Å². The smallest absolute Gasteiger partial charge is 0.263 e. The second-order valence-electron chi connectivity index (χ2n) is 6.48. The molecule has 2 aromatic carbocycles. The summed E-state index contributed by atoms with van der Waals surface area (Å²) in [5.74, 6) is 0.157. The van der Waals surface area contributed by atoms with Crippen molar-refractivity contribution in [1.82, 2.24) is 10.2 Å². The van der Waals surface area contributed by atoms with Crippen LogP contribution in [0, 0.1) is 13.8 Å². The maximum Gasteiger partial charge on any atom is 0.263 e. The van der Waals surface area contributed by atoms with Crippen LogP contribution in [0.15, 0.2) is 58.3 Å². The molecule has 0 aliphatic carbocycles. The zero-order valence-corrected chi connectivity index (χ0v) is 19.9. The number of nitrogens with zero attached hydrogens (tertiary/aromatic N) is 2. The number of carbonyl (C=O) groups is 1. The predicted molar refractivity (Wildman–Crippen MR) is 127 cm³/mol. The molecular weight excluding hydrogens is 476 g/mol. The highest BCUT2D eigenvalue weighted by Gasteiger charge is 2.21. The van der Waals surface area contributed by atoms with Crippen LogP contribution in [0.2, 0.25) is 5.02 Å². The van der Waals surface area contributed by atoms with Crippen molar-refractivity contribution < 1.29 is 13.2 Å². The number of nitrogens with one attached hydrogen (secondary N) is 2. The van der Waals surface area contributed by atoms with Gasteiger partial charge in [0.2, 0.25) is 5.13 Å². The van der Waals surface area contributed by atoms with E-state index in [1.807, 2.05) is 19.9 Å². The Bertz CT molecular complexity index is 1240. The predicted octanol–water partition coefficient (Wildman–Crippen LogP) is 5.14. The maximum atomic E-state index is 12.9. The van der Waals surface area contributed by atoms with Crippen LogP contribution >= 0.6 is 34.7 Å². The molecule has 0 unspecified atom stereocenters. The number of amides is 1. The van der Waals surface area contributed by atoms with Crippen LogP contribution in [0.5, 0.6) is 0 Å². The summed E-state index contributed by atoms with van der Waals surface area (Å²) in [6.45, 7) is 7.47. The summed E-state index contributed by atoms with van der Waals surface area (Å²) in [5, 5.41) is 10.8. The largest absolute Gasteiger partial charge is 0.296 e. The molecule has 0 spiro atoms. The molecule has 31 heavy (non-hydrogen) atoms. The average molecular weight is 495 g/mol. The molecule has 0 bridgehead atoms. The summed E-state index contributed by atoms with van der Waals surface area (Å²) < 4.78 is 29.0. The number of carbonyl (C=O) groups excluding carboxylic acids is 1.